The molecule has 0 aliphatic heterocycles. The average Bonchev–Trinajstić information content (AvgIpc) is 2.97. The topological polar surface area (TPSA) is 43.4 Å². The van der Waals surface area contributed by atoms with Crippen molar-refractivity contribution in [1.29, 1.82) is 0 Å². The molecule has 0 aromatic carbocycles. The third-order valence-electron chi connectivity index (χ3n) is 9.00. The molecule has 4 rings (SSSR count). The second-order valence-corrected chi connectivity index (χ2v) is 10.4. The number of fused-ring (bicyclic) bond motifs is 5. The molecule has 2 unspecified atom stereocenters. The van der Waals surface area contributed by atoms with Crippen LogP contribution in [0.1, 0.15) is 65.7 Å². The van der Waals surface area contributed by atoms with Gasteiger partial charge in [-0.15, -0.1) is 11.6 Å². The fourth-order valence-corrected chi connectivity index (χ4v) is 7.97. The fourth-order valence-electron chi connectivity index (χ4n) is 7.91. The first-order valence-corrected chi connectivity index (χ1v) is 11.3. The summed E-state index contributed by atoms with van der Waals surface area (Å²) in [6.07, 6.45) is 12.2. The SMILES string of the molecule is CC(=O)[C@H]1CC[C@H]2[C@@H]3CCC4CC=CC[C@]4(C)[C@H]3C(OC(=O)CCl)C[C@]12C. The van der Waals surface area contributed by atoms with Gasteiger partial charge in [-0.1, -0.05) is 26.0 Å². The van der Waals surface area contributed by atoms with Crippen LogP contribution in [0.4, 0.5) is 0 Å². The summed E-state index contributed by atoms with van der Waals surface area (Å²) in [5.74, 6) is 2.20. The van der Waals surface area contributed by atoms with E-state index in [9.17, 15) is 9.59 Å². The van der Waals surface area contributed by atoms with Crippen LogP contribution in [0.5, 0.6) is 0 Å². The number of rotatable bonds is 3. The Bertz CT molecular complexity index is 658. The summed E-state index contributed by atoms with van der Waals surface area (Å²) in [6.45, 7) is 6.47. The Balaban J connectivity index is 1.74. The Morgan fingerprint density at radius 1 is 1.11 bits per heavy atom. The molecule has 0 heterocycles. The van der Waals surface area contributed by atoms with Crippen molar-refractivity contribution in [3.63, 3.8) is 0 Å². The Labute approximate surface area is 168 Å². The van der Waals surface area contributed by atoms with E-state index in [1.165, 1.54) is 12.8 Å². The van der Waals surface area contributed by atoms with E-state index in [0.717, 1.165) is 32.1 Å². The average molecular weight is 393 g/mol. The van der Waals surface area contributed by atoms with Crippen LogP contribution in [0.3, 0.4) is 0 Å². The van der Waals surface area contributed by atoms with Gasteiger partial charge < -0.3 is 4.74 Å². The Morgan fingerprint density at radius 3 is 2.59 bits per heavy atom. The molecule has 0 N–H and O–H groups in total. The predicted octanol–water partition coefficient (Wildman–Crippen LogP) is 5.16. The number of ketones is 1. The van der Waals surface area contributed by atoms with Crippen LogP contribution in [0.15, 0.2) is 12.2 Å². The zero-order valence-corrected chi connectivity index (χ0v) is 17.6. The summed E-state index contributed by atoms with van der Waals surface area (Å²) in [5, 5.41) is 0. The van der Waals surface area contributed by atoms with Crippen molar-refractivity contribution in [3.8, 4) is 0 Å². The van der Waals surface area contributed by atoms with Gasteiger partial charge in [0.1, 0.15) is 17.8 Å². The molecular weight excluding hydrogens is 360 g/mol. The van der Waals surface area contributed by atoms with Gasteiger partial charge in [0.15, 0.2) is 0 Å². The lowest BCUT2D eigenvalue weighted by Gasteiger charge is -2.61. The molecule has 8 atom stereocenters. The molecule has 0 aromatic rings. The largest absolute Gasteiger partial charge is 0.461 e. The highest BCUT2D eigenvalue weighted by Gasteiger charge is 2.64. The number of Topliss-reactive ketones (excluding diaryl/α,β-unsaturated/α-hetero) is 1. The number of hydrogen-bond acceptors (Lipinski definition) is 3. The summed E-state index contributed by atoms with van der Waals surface area (Å²) in [4.78, 5) is 24.6. The number of esters is 1. The summed E-state index contributed by atoms with van der Waals surface area (Å²) >= 11 is 5.80. The third-order valence-corrected chi connectivity index (χ3v) is 9.22. The maximum atomic E-state index is 12.4. The van der Waals surface area contributed by atoms with Gasteiger partial charge in [-0.3, -0.25) is 9.59 Å². The summed E-state index contributed by atoms with van der Waals surface area (Å²) in [6, 6.07) is 0. The van der Waals surface area contributed by atoms with Crippen molar-refractivity contribution in [2.45, 2.75) is 71.8 Å². The minimum Gasteiger partial charge on any atom is -0.461 e. The van der Waals surface area contributed by atoms with E-state index in [4.69, 9.17) is 16.3 Å². The molecule has 4 heteroatoms. The van der Waals surface area contributed by atoms with Crippen LogP contribution >= 0.6 is 11.6 Å². The van der Waals surface area contributed by atoms with Gasteiger partial charge in [0.2, 0.25) is 0 Å². The van der Waals surface area contributed by atoms with Crippen molar-refractivity contribution < 1.29 is 14.3 Å². The molecule has 4 aliphatic carbocycles. The molecule has 0 aromatic heterocycles. The van der Waals surface area contributed by atoms with E-state index in [-0.39, 0.29) is 34.7 Å². The van der Waals surface area contributed by atoms with Crippen LogP contribution < -0.4 is 0 Å². The third kappa shape index (κ3) is 2.91. The molecule has 0 bridgehead atoms. The first kappa shape index (κ1) is 19.5. The molecule has 0 amide bonds. The smallest absolute Gasteiger partial charge is 0.321 e. The highest BCUT2D eigenvalue weighted by molar-refractivity contribution is 6.26. The van der Waals surface area contributed by atoms with Crippen molar-refractivity contribution >= 4 is 23.4 Å². The summed E-state index contributed by atoms with van der Waals surface area (Å²) in [7, 11) is 0. The number of ether oxygens (including phenoxy) is 1. The lowest BCUT2D eigenvalue weighted by molar-refractivity contribution is -0.188. The van der Waals surface area contributed by atoms with Gasteiger partial charge in [0.05, 0.1) is 0 Å². The zero-order chi connectivity index (χ0) is 19.4. The van der Waals surface area contributed by atoms with Crippen molar-refractivity contribution in [3.05, 3.63) is 12.2 Å². The van der Waals surface area contributed by atoms with Crippen LogP contribution in [0.25, 0.3) is 0 Å². The van der Waals surface area contributed by atoms with Crippen LogP contribution in [-0.4, -0.2) is 23.7 Å². The van der Waals surface area contributed by atoms with Gasteiger partial charge in [-0.25, -0.2) is 0 Å². The lowest BCUT2D eigenvalue weighted by atomic mass is 9.44. The molecule has 0 radical (unpaired) electrons. The van der Waals surface area contributed by atoms with Crippen LogP contribution in [0.2, 0.25) is 0 Å². The quantitative estimate of drug-likeness (QED) is 0.378. The minimum atomic E-state index is -0.308. The van der Waals surface area contributed by atoms with Crippen LogP contribution in [0, 0.1) is 40.4 Å². The Morgan fingerprint density at radius 2 is 1.89 bits per heavy atom. The normalized spacial score (nSPS) is 48.3. The number of halogens is 1. The molecule has 0 saturated heterocycles. The molecule has 3 saturated carbocycles. The van der Waals surface area contributed by atoms with E-state index in [1.807, 2.05) is 0 Å². The van der Waals surface area contributed by atoms with Gasteiger partial charge in [-0.2, -0.15) is 0 Å². The lowest BCUT2D eigenvalue weighted by Crippen LogP contribution is -2.59. The summed E-state index contributed by atoms with van der Waals surface area (Å²) < 4.78 is 6.02. The van der Waals surface area contributed by atoms with Gasteiger partial charge in [0, 0.05) is 11.8 Å². The number of carbonyl (C=O) groups excluding carboxylic acids is 2. The molecular formula is C23H33ClO3. The molecule has 3 nitrogen and oxygen atoms in total. The van der Waals surface area contributed by atoms with Gasteiger partial charge in [-0.05, 0) is 80.5 Å². The Hall–Kier alpha value is -0.830. The maximum Gasteiger partial charge on any atom is 0.321 e. The van der Waals surface area contributed by atoms with Crippen LogP contribution in [-0.2, 0) is 14.3 Å². The molecule has 0 spiro atoms. The van der Waals surface area contributed by atoms with Crippen molar-refractivity contribution in [2.24, 2.45) is 40.4 Å². The number of carbonyl (C=O) groups is 2. The van der Waals surface area contributed by atoms with Gasteiger partial charge >= 0.3 is 5.97 Å². The second kappa shape index (κ2) is 6.90. The highest BCUT2D eigenvalue weighted by Crippen LogP contribution is 2.67. The Kier molecular flexibility index (Phi) is 4.98. The fraction of sp³-hybridized carbons (Fsp3) is 0.826. The highest BCUT2D eigenvalue weighted by atomic mass is 35.5. The minimum absolute atomic E-state index is 0.0437. The van der Waals surface area contributed by atoms with Crippen molar-refractivity contribution in [1.82, 2.24) is 0 Å². The molecule has 150 valence electrons. The first-order chi connectivity index (χ1) is 12.8. The van der Waals surface area contributed by atoms with E-state index < -0.39 is 0 Å². The van der Waals surface area contributed by atoms with Gasteiger partial charge in [0.25, 0.3) is 0 Å². The van der Waals surface area contributed by atoms with E-state index in [2.05, 4.69) is 26.0 Å². The zero-order valence-electron chi connectivity index (χ0n) is 16.9. The standard InChI is InChI=1S/C23H33ClO3/c1-14(25)17-9-10-18-16-8-7-15-6-4-5-11-22(15,2)21(16)19(12-23(17,18)3)27-20(26)13-24/h4-5,15-19,21H,6-13H2,1-3H3/t15?,16-,17+,18-,19?,21+,22-,23+/m0/s1. The maximum absolute atomic E-state index is 12.4. The van der Waals surface area contributed by atoms with Crippen molar-refractivity contribution in [2.75, 3.05) is 5.88 Å². The molecule has 27 heavy (non-hydrogen) atoms. The number of allylic oxidation sites excluding steroid dienone is 2. The monoisotopic (exact) mass is 392 g/mol. The second-order valence-electron chi connectivity index (χ2n) is 10.1. The molecule has 4 aliphatic rings. The van der Waals surface area contributed by atoms with E-state index in [1.54, 1.807) is 6.92 Å². The van der Waals surface area contributed by atoms with E-state index >= 15 is 0 Å². The molecule has 3 fully saturated rings. The number of hydrogen-bond donors (Lipinski definition) is 0. The summed E-state index contributed by atoms with van der Waals surface area (Å²) in [5.41, 5.74) is 0.141. The predicted molar refractivity (Wildman–Crippen MR) is 106 cm³/mol. The first-order valence-electron chi connectivity index (χ1n) is 10.7. The van der Waals surface area contributed by atoms with E-state index in [0.29, 0.717) is 29.5 Å². The number of alkyl halides is 1.